The lowest BCUT2D eigenvalue weighted by Gasteiger charge is -2.02. The van der Waals surface area contributed by atoms with Gasteiger partial charge in [-0.15, -0.1) is 0 Å². The summed E-state index contributed by atoms with van der Waals surface area (Å²) in [7, 11) is 0. The van der Waals surface area contributed by atoms with Crippen LogP contribution in [0.1, 0.15) is 5.56 Å². The standard InChI is InChI=1S/C10H9ClFN3/c11-8-3-6(1-2-9(8)12)10-7(4-13)5-14-15-10/h1-3,5H,4,13H2,(H,14,15). The average molecular weight is 226 g/mol. The highest BCUT2D eigenvalue weighted by molar-refractivity contribution is 6.31. The molecule has 3 nitrogen and oxygen atoms in total. The van der Waals surface area contributed by atoms with E-state index in [9.17, 15) is 4.39 Å². The van der Waals surface area contributed by atoms with Crippen LogP contribution in [0.25, 0.3) is 11.3 Å². The zero-order valence-corrected chi connectivity index (χ0v) is 8.55. The Kier molecular flexibility index (Phi) is 2.70. The Bertz CT molecular complexity index is 481. The minimum Gasteiger partial charge on any atom is -0.326 e. The molecule has 0 unspecified atom stereocenters. The molecule has 0 atom stereocenters. The number of nitrogens with one attached hydrogen (secondary N) is 1. The van der Waals surface area contributed by atoms with Crippen LogP contribution in [0.2, 0.25) is 5.02 Å². The second-order valence-corrected chi connectivity index (χ2v) is 3.51. The summed E-state index contributed by atoms with van der Waals surface area (Å²) in [6.45, 7) is 0.376. The van der Waals surface area contributed by atoms with E-state index in [4.69, 9.17) is 17.3 Å². The van der Waals surface area contributed by atoms with Crippen LogP contribution < -0.4 is 5.73 Å². The van der Waals surface area contributed by atoms with Gasteiger partial charge in [0.15, 0.2) is 0 Å². The van der Waals surface area contributed by atoms with Crippen LogP contribution in [0.5, 0.6) is 0 Å². The summed E-state index contributed by atoms with van der Waals surface area (Å²) >= 11 is 5.69. The number of benzene rings is 1. The molecule has 0 aliphatic heterocycles. The van der Waals surface area contributed by atoms with Crippen molar-refractivity contribution in [2.24, 2.45) is 5.73 Å². The van der Waals surface area contributed by atoms with Crippen molar-refractivity contribution in [1.29, 1.82) is 0 Å². The van der Waals surface area contributed by atoms with Crippen molar-refractivity contribution in [3.8, 4) is 11.3 Å². The van der Waals surface area contributed by atoms with E-state index in [2.05, 4.69) is 10.2 Å². The molecule has 1 heterocycles. The van der Waals surface area contributed by atoms with Crippen molar-refractivity contribution in [2.45, 2.75) is 6.54 Å². The molecule has 0 amide bonds. The Hall–Kier alpha value is -1.39. The molecule has 0 aliphatic carbocycles. The van der Waals surface area contributed by atoms with Crippen molar-refractivity contribution in [3.05, 3.63) is 40.8 Å². The molecular formula is C10H9ClFN3. The first-order valence-corrected chi connectivity index (χ1v) is 4.78. The van der Waals surface area contributed by atoms with Crippen LogP contribution in [0.4, 0.5) is 4.39 Å². The van der Waals surface area contributed by atoms with Gasteiger partial charge in [0.2, 0.25) is 0 Å². The third-order valence-electron chi connectivity index (χ3n) is 2.15. The summed E-state index contributed by atoms with van der Waals surface area (Å²) in [5.74, 6) is -0.436. The molecule has 2 rings (SSSR count). The normalized spacial score (nSPS) is 10.6. The first kappa shape index (κ1) is 10.1. The van der Waals surface area contributed by atoms with Crippen molar-refractivity contribution in [1.82, 2.24) is 10.2 Å². The summed E-state index contributed by atoms with van der Waals surface area (Å²) < 4.78 is 12.9. The lowest BCUT2D eigenvalue weighted by molar-refractivity contribution is 0.628. The Morgan fingerprint density at radius 3 is 2.93 bits per heavy atom. The Morgan fingerprint density at radius 1 is 1.47 bits per heavy atom. The van der Waals surface area contributed by atoms with E-state index >= 15 is 0 Å². The predicted octanol–water partition coefficient (Wildman–Crippen LogP) is 2.33. The number of hydrogen-bond donors (Lipinski definition) is 2. The van der Waals surface area contributed by atoms with Crippen LogP contribution in [-0.4, -0.2) is 10.2 Å². The third kappa shape index (κ3) is 1.86. The summed E-state index contributed by atoms with van der Waals surface area (Å²) in [4.78, 5) is 0. The van der Waals surface area contributed by atoms with Gasteiger partial charge >= 0.3 is 0 Å². The largest absolute Gasteiger partial charge is 0.326 e. The minimum absolute atomic E-state index is 0.0880. The van der Waals surface area contributed by atoms with Crippen molar-refractivity contribution >= 4 is 11.6 Å². The topological polar surface area (TPSA) is 54.7 Å². The molecule has 1 aromatic carbocycles. The Labute approximate surface area is 91.1 Å². The van der Waals surface area contributed by atoms with Crippen molar-refractivity contribution in [3.63, 3.8) is 0 Å². The SMILES string of the molecule is NCc1cn[nH]c1-c1ccc(F)c(Cl)c1. The first-order valence-electron chi connectivity index (χ1n) is 4.40. The maximum atomic E-state index is 12.9. The Balaban J connectivity index is 2.50. The highest BCUT2D eigenvalue weighted by atomic mass is 35.5. The number of aromatic nitrogens is 2. The van der Waals surface area contributed by atoms with Gasteiger partial charge in [0.25, 0.3) is 0 Å². The number of aromatic amines is 1. The smallest absolute Gasteiger partial charge is 0.141 e. The van der Waals surface area contributed by atoms with Gasteiger partial charge in [0.1, 0.15) is 5.82 Å². The molecule has 3 N–H and O–H groups in total. The van der Waals surface area contributed by atoms with E-state index in [1.54, 1.807) is 18.3 Å². The van der Waals surface area contributed by atoms with Gasteiger partial charge in [-0.3, -0.25) is 5.10 Å². The molecule has 0 saturated heterocycles. The molecule has 1 aromatic heterocycles. The summed E-state index contributed by atoms with van der Waals surface area (Å²) in [6.07, 6.45) is 1.65. The molecule has 15 heavy (non-hydrogen) atoms. The van der Waals surface area contributed by atoms with E-state index in [-0.39, 0.29) is 5.02 Å². The average Bonchev–Trinajstić information content (AvgIpc) is 2.70. The van der Waals surface area contributed by atoms with Crippen LogP contribution in [0.15, 0.2) is 24.4 Å². The van der Waals surface area contributed by atoms with Crippen LogP contribution in [0, 0.1) is 5.82 Å². The first-order chi connectivity index (χ1) is 7.22. The highest BCUT2D eigenvalue weighted by Crippen LogP contribution is 2.25. The molecule has 2 aromatic rings. The van der Waals surface area contributed by atoms with Crippen LogP contribution >= 0.6 is 11.6 Å². The van der Waals surface area contributed by atoms with E-state index < -0.39 is 5.82 Å². The van der Waals surface area contributed by atoms with Gasteiger partial charge in [-0.2, -0.15) is 5.10 Å². The van der Waals surface area contributed by atoms with Crippen LogP contribution in [0.3, 0.4) is 0 Å². The summed E-state index contributed by atoms with van der Waals surface area (Å²) in [5, 5.41) is 6.78. The van der Waals surface area contributed by atoms with E-state index in [1.165, 1.54) is 6.07 Å². The molecule has 0 aliphatic rings. The van der Waals surface area contributed by atoms with E-state index in [0.717, 1.165) is 16.8 Å². The number of hydrogen-bond acceptors (Lipinski definition) is 2. The fraction of sp³-hybridized carbons (Fsp3) is 0.100. The van der Waals surface area contributed by atoms with Crippen LogP contribution in [-0.2, 0) is 6.54 Å². The molecule has 5 heteroatoms. The number of rotatable bonds is 2. The third-order valence-corrected chi connectivity index (χ3v) is 2.44. The van der Waals surface area contributed by atoms with Gasteiger partial charge in [0.05, 0.1) is 16.9 Å². The Morgan fingerprint density at radius 2 is 2.27 bits per heavy atom. The molecule has 0 spiro atoms. The molecule has 0 radical (unpaired) electrons. The maximum absolute atomic E-state index is 12.9. The quantitative estimate of drug-likeness (QED) is 0.824. The van der Waals surface area contributed by atoms with Gasteiger partial charge in [-0.25, -0.2) is 4.39 Å². The number of halogens is 2. The number of nitrogens with two attached hydrogens (primary N) is 1. The molecule has 0 bridgehead atoms. The molecule has 0 saturated carbocycles. The zero-order chi connectivity index (χ0) is 10.8. The van der Waals surface area contributed by atoms with Crippen molar-refractivity contribution < 1.29 is 4.39 Å². The minimum atomic E-state index is -0.436. The van der Waals surface area contributed by atoms with E-state index in [0.29, 0.717) is 6.54 Å². The number of H-pyrrole nitrogens is 1. The van der Waals surface area contributed by atoms with Gasteiger partial charge in [-0.1, -0.05) is 11.6 Å². The second kappa shape index (κ2) is 4.00. The molecule has 78 valence electrons. The summed E-state index contributed by atoms with van der Waals surface area (Å²) in [6, 6.07) is 4.50. The lowest BCUT2D eigenvalue weighted by atomic mass is 10.1. The molecule has 0 fully saturated rings. The van der Waals surface area contributed by atoms with Gasteiger partial charge < -0.3 is 5.73 Å². The zero-order valence-electron chi connectivity index (χ0n) is 7.80. The van der Waals surface area contributed by atoms with E-state index in [1.807, 2.05) is 0 Å². The second-order valence-electron chi connectivity index (χ2n) is 3.10. The maximum Gasteiger partial charge on any atom is 0.141 e. The van der Waals surface area contributed by atoms with Gasteiger partial charge in [0, 0.05) is 17.7 Å². The lowest BCUT2D eigenvalue weighted by Crippen LogP contribution is -1.96. The summed E-state index contributed by atoms with van der Waals surface area (Å²) in [5.41, 5.74) is 7.96. The monoisotopic (exact) mass is 225 g/mol. The predicted molar refractivity (Wildman–Crippen MR) is 56.9 cm³/mol. The van der Waals surface area contributed by atoms with Gasteiger partial charge in [-0.05, 0) is 18.2 Å². The molecular weight excluding hydrogens is 217 g/mol. The van der Waals surface area contributed by atoms with Crippen molar-refractivity contribution in [2.75, 3.05) is 0 Å². The highest BCUT2D eigenvalue weighted by Gasteiger charge is 2.08. The number of nitrogens with zero attached hydrogens (tertiary/aromatic N) is 1. The fourth-order valence-electron chi connectivity index (χ4n) is 1.37. The fourth-order valence-corrected chi connectivity index (χ4v) is 1.55.